The number of furan rings is 1. The van der Waals surface area contributed by atoms with Gasteiger partial charge in [0.2, 0.25) is 5.69 Å². The van der Waals surface area contributed by atoms with E-state index in [1.54, 1.807) is 12.1 Å². The Kier molecular flexibility index (Phi) is 9.20. The number of alkyl halides is 3. The predicted octanol–water partition coefficient (Wildman–Crippen LogP) is 19.1. The van der Waals surface area contributed by atoms with Crippen LogP contribution in [0.25, 0.3) is 148 Å². The van der Waals surface area contributed by atoms with E-state index in [4.69, 9.17) is 9.26 Å². The van der Waals surface area contributed by atoms with Crippen molar-refractivity contribution in [3.63, 3.8) is 0 Å². The van der Waals surface area contributed by atoms with Gasteiger partial charge in [0.1, 0.15) is 17.2 Å². The summed E-state index contributed by atoms with van der Waals surface area (Å²) in [4.78, 5) is 4.69. The molecule has 0 N–H and O–H groups in total. The van der Waals surface area contributed by atoms with Crippen molar-refractivity contribution in [2.45, 2.75) is 6.18 Å². The highest BCUT2D eigenvalue weighted by atomic mass is 19.4. The number of aromatic nitrogens is 4. The molecular weight excluding hydrogens is 986 g/mol. The third-order valence-corrected chi connectivity index (χ3v) is 16.0. The summed E-state index contributed by atoms with van der Waals surface area (Å²) in [6.07, 6.45) is -4.63. The van der Waals surface area contributed by atoms with E-state index in [2.05, 4.69) is 85.0 Å². The Balaban J connectivity index is 1.23. The van der Waals surface area contributed by atoms with E-state index in [0.29, 0.717) is 55.9 Å². The molecule has 16 rings (SSSR count). The average Bonchev–Trinajstić information content (AvgIpc) is 3.30. The molecule has 0 bridgehead atoms. The highest BCUT2D eigenvalue weighted by molar-refractivity contribution is 6.26. The van der Waals surface area contributed by atoms with Crippen LogP contribution in [0.4, 0.5) is 18.9 Å². The Morgan fingerprint density at radius 2 is 0.848 bits per heavy atom. The molecule has 11 aromatic carbocycles. The molecule has 370 valence electrons. The first kappa shape index (κ1) is 44.5. The van der Waals surface area contributed by atoms with Crippen LogP contribution in [0.15, 0.2) is 229 Å². The second kappa shape index (κ2) is 16.3. The first-order valence-corrected chi connectivity index (χ1v) is 25.8. The number of hydrogen-bond donors (Lipinski definition) is 0. The summed E-state index contributed by atoms with van der Waals surface area (Å²) < 4.78 is 60.3. The van der Waals surface area contributed by atoms with Crippen LogP contribution in [0.2, 0.25) is 0 Å². The largest absolute Gasteiger partial charge is 0.456 e. The maximum Gasteiger partial charge on any atom is 0.417 e. The highest BCUT2D eigenvalue weighted by Crippen LogP contribution is 2.53. The van der Waals surface area contributed by atoms with Crippen LogP contribution in [-0.4, -0.2) is 18.3 Å². The standard InChI is InChI=1S/C69H37F3N6O/c1-74-63-65(75-53-27-11-3-19-42(53)43-20-4-12-28-54(43)75)51(39-73)66(76-55-29-13-5-21-44(55)45-22-6-14-30-56(45)76)68(67(63)77-57-31-15-7-23-46(57)47-24-8-16-32-58(47)77)78-59-36-34-40(41-18-2-10-26-52(41)69(70,71)72)38-50(59)48-35-37-61-62(64(48)78)49-25-9-17-33-60(49)79-61/h2-38H. The van der Waals surface area contributed by atoms with Crippen molar-refractivity contribution in [1.82, 2.24) is 18.3 Å². The molecule has 0 spiro atoms. The van der Waals surface area contributed by atoms with Crippen LogP contribution in [0.3, 0.4) is 0 Å². The van der Waals surface area contributed by atoms with Gasteiger partial charge in [-0.25, -0.2) is 4.85 Å². The topological polar surface area (TPSA) is 61.0 Å². The quantitative estimate of drug-likeness (QED) is 0.161. The summed E-state index contributed by atoms with van der Waals surface area (Å²) in [5.74, 6) is 0. The molecule has 0 aliphatic carbocycles. The van der Waals surface area contributed by atoms with Gasteiger partial charge in [-0.1, -0.05) is 152 Å². The highest BCUT2D eigenvalue weighted by Gasteiger charge is 2.37. The van der Waals surface area contributed by atoms with Crippen LogP contribution in [-0.2, 0) is 6.18 Å². The summed E-state index contributed by atoms with van der Waals surface area (Å²) >= 11 is 0. The average molecular weight is 1020 g/mol. The van der Waals surface area contributed by atoms with Crippen LogP contribution in [0.5, 0.6) is 0 Å². The zero-order valence-electron chi connectivity index (χ0n) is 41.6. The second-order valence-electron chi connectivity index (χ2n) is 20.0. The van der Waals surface area contributed by atoms with Crippen LogP contribution < -0.4 is 0 Å². The van der Waals surface area contributed by atoms with Crippen molar-refractivity contribution in [1.29, 1.82) is 5.26 Å². The fourth-order valence-electron chi connectivity index (χ4n) is 12.9. The van der Waals surface area contributed by atoms with Crippen molar-refractivity contribution in [3.05, 3.63) is 247 Å². The smallest absolute Gasteiger partial charge is 0.417 e. The molecule has 0 aliphatic heterocycles. The molecule has 5 heterocycles. The van der Waals surface area contributed by atoms with Gasteiger partial charge in [0.05, 0.1) is 90.0 Å². The van der Waals surface area contributed by atoms with Gasteiger partial charge in [-0.3, -0.25) is 0 Å². The van der Waals surface area contributed by atoms with E-state index < -0.39 is 11.7 Å². The Labute approximate surface area is 447 Å². The van der Waals surface area contributed by atoms with Crippen molar-refractivity contribution < 1.29 is 17.6 Å². The summed E-state index contributed by atoms with van der Waals surface area (Å²) in [6.45, 7) is 9.76. The lowest BCUT2D eigenvalue weighted by molar-refractivity contribution is -0.137. The number of hydrogen-bond acceptors (Lipinski definition) is 2. The summed E-state index contributed by atoms with van der Waals surface area (Å²) in [7, 11) is 0. The minimum atomic E-state index is -4.63. The molecule has 7 nitrogen and oxygen atoms in total. The van der Waals surface area contributed by atoms with Gasteiger partial charge in [0, 0.05) is 48.5 Å². The maximum absolute atomic E-state index is 15.0. The Morgan fingerprint density at radius 1 is 0.405 bits per heavy atom. The fraction of sp³-hybridized carbons (Fsp3) is 0.0145. The van der Waals surface area contributed by atoms with Gasteiger partial charge in [0.25, 0.3) is 0 Å². The minimum Gasteiger partial charge on any atom is -0.456 e. The molecule has 0 atom stereocenters. The lowest BCUT2D eigenvalue weighted by Gasteiger charge is -2.27. The molecule has 0 unspecified atom stereocenters. The van der Waals surface area contributed by atoms with Gasteiger partial charge < -0.3 is 22.7 Å². The first-order chi connectivity index (χ1) is 38.8. The van der Waals surface area contributed by atoms with E-state index in [1.807, 2.05) is 133 Å². The third kappa shape index (κ3) is 6.05. The minimum absolute atomic E-state index is 0.0437. The number of nitriles is 1. The maximum atomic E-state index is 15.0. The van der Waals surface area contributed by atoms with E-state index >= 15 is 0 Å². The third-order valence-electron chi connectivity index (χ3n) is 16.0. The Bertz CT molecular complexity index is 5100. The molecule has 0 radical (unpaired) electrons. The monoisotopic (exact) mass is 1020 g/mol. The molecule has 0 saturated carbocycles. The molecule has 0 fully saturated rings. The molecular formula is C69H37F3N6O. The summed E-state index contributed by atoms with van der Waals surface area (Å²) in [5.41, 5.74) is 9.50. The van der Waals surface area contributed by atoms with Gasteiger partial charge in [-0.2, -0.15) is 18.4 Å². The van der Waals surface area contributed by atoms with Crippen molar-refractivity contribution in [2.75, 3.05) is 0 Å². The fourth-order valence-corrected chi connectivity index (χ4v) is 12.9. The van der Waals surface area contributed by atoms with Gasteiger partial charge in [0.15, 0.2) is 0 Å². The number of para-hydroxylation sites is 7. The van der Waals surface area contributed by atoms with Crippen LogP contribution in [0.1, 0.15) is 11.1 Å². The van der Waals surface area contributed by atoms with E-state index in [-0.39, 0.29) is 16.8 Å². The molecule has 5 aromatic heterocycles. The zero-order valence-corrected chi connectivity index (χ0v) is 41.6. The van der Waals surface area contributed by atoms with Crippen LogP contribution >= 0.6 is 0 Å². The predicted molar refractivity (Wildman–Crippen MR) is 312 cm³/mol. The van der Waals surface area contributed by atoms with Gasteiger partial charge >= 0.3 is 6.18 Å². The van der Waals surface area contributed by atoms with E-state index in [1.165, 1.54) is 12.1 Å². The zero-order chi connectivity index (χ0) is 52.8. The summed E-state index contributed by atoms with van der Waals surface area (Å²) in [6, 6.07) is 74.7. The summed E-state index contributed by atoms with van der Waals surface area (Å²) in [5, 5.41) is 21.3. The lowest BCUT2D eigenvalue weighted by atomic mass is 9.97. The molecule has 79 heavy (non-hydrogen) atoms. The molecule has 16 aromatic rings. The number of fused-ring (bicyclic) bond motifs is 16. The first-order valence-electron chi connectivity index (χ1n) is 25.8. The molecule has 0 saturated heterocycles. The van der Waals surface area contributed by atoms with Gasteiger partial charge in [-0.05, 0) is 83.9 Å². The van der Waals surface area contributed by atoms with Crippen LogP contribution in [0, 0.1) is 17.9 Å². The molecule has 10 heteroatoms. The second-order valence-corrected chi connectivity index (χ2v) is 20.0. The number of rotatable bonds is 5. The van der Waals surface area contributed by atoms with Crippen molar-refractivity contribution >= 4 is 115 Å². The SMILES string of the molecule is [C-]#[N+]c1c(-n2c3ccccc3c3ccccc32)c(C#N)c(-n2c3ccccc3c3ccccc32)c(-n2c3ccc(-c4ccccc4C(F)(F)F)cc3c3ccc4oc5ccccc5c4c32)c1-n1c2ccccc2c2ccccc21. The van der Waals surface area contributed by atoms with Crippen molar-refractivity contribution in [3.8, 4) is 39.9 Å². The van der Waals surface area contributed by atoms with Gasteiger partial charge in [-0.15, -0.1) is 0 Å². The van der Waals surface area contributed by atoms with E-state index in [0.717, 1.165) is 87.6 Å². The number of nitrogens with zero attached hydrogens (tertiary/aromatic N) is 6. The number of benzene rings is 11. The molecule has 0 amide bonds. The van der Waals surface area contributed by atoms with Crippen molar-refractivity contribution in [2.24, 2.45) is 0 Å². The Morgan fingerprint density at radius 3 is 1.35 bits per heavy atom. The van der Waals surface area contributed by atoms with E-state index in [9.17, 15) is 25.0 Å². The Hall–Kier alpha value is -10.8. The normalized spacial score (nSPS) is 12.2. The lowest BCUT2D eigenvalue weighted by Crippen LogP contribution is -2.14. The molecule has 0 aliphatic rings. The number of halogens is 3.